The molecule has 0 fully saturated rings. The minimum absolute atomic E-state index is 1.05. The van der Waals surface area contributed by atoms with Gasteiger partial charge in [-0.2, -0.15) is 0 Å². The van der Waals surface area contributed by atoms with Crippen LogP contribution < -0.4 is 10.4 Å². The number of hydrogen-bond donors (Lipinski definition) is 0. The smallest absolute Gasteiger partial charge is 0.00204 e. The Kier molecular flexibility index (Phi) is 1.78. The van der Waals surface area contributed by atoms with E-state index in [4.69, 9.17) is 0 Å². The molecule has 3 aromatic carbocycles. The highest BCUT2D eigenvalue weighted by molar-refractivity contribution is 6.17. The minimum Gasteiger partial charge on any atom is -0.0728 e. The average Bonchev–Trinajstić information content (AvgIpc) is 2.83. The molecule has 2 aliphatic rings. The van der Waals surface area contributed by atoms with Crippen molar-refractivity contribution in [3.63, 3.8) is 0 Å². The van der Waals surface area contributed by atoms with Crippen LogP contribution in [0.3, 0.4) is 0 Å². The van der Waals surface area contributed by atoms with Gasteiger partial charge in [0.05, 0.1) is 0 Å². The lowest BCUT2D eigenvalue weighted by atomic mass is 9.93. The number of benzene rings is 3. The van der Waals surface area contributed by atoms with Crippen molar-refractivity contribution in [2.24, 2.45) is 0 Å². The summed E-state index contributed by atoms with van der Waals surface area (Å²) in [6.45, 7) is 2.16. The van der Waals surface area contributed by atoms with Crippen LogP contribution in [0.15, 0.2) is 42.5 Å². The van der Waals surface area contributed by atoms with Crippen LogP contribution in [-0.4, -0.2) is 0 Å². The summed E-state index contributed by atoms with van der Waals surface area (Å²) >= 11 is 0. The predicted molar refractivity (Wildman–Crippen MR) is 87.0 cm³/mol. The standard InChI is InChI=1S/C20H14/c1-12-5-7-17-15(9-12)11-16-10-14-4-2-3-13-6-8-18(17)20(16)19(13)14/h3-11H,2H2,1H3. The van der Waals surface area contributed by atoms with E-state index in [9.17, 15) is 0 Å². The molecule has 0 heteroatoms. The summed E-state index contributed by atoms with van der Waals surface area (Å²) < 4.78 is 0. The second-order valence-electron chi connectivity index (χ2n) is 5.89. The SMILES string of the molecule is Cc1ccc2c(c1)cc1c3c4c(ccc32)=CCC=C4C=1. The van der Waals surface area contributed by atoms with Crippen LogP contribution in [0.4, 0.5) is 0 Å². The van der Waals surface area contributed by atoms with E-state index in [1.165, 1.54) is 48.7 Å². The number of allylic oxidation sites excluding steroid dienone is 2. The van der Waals surface area contributed by atoms with Gasteiger partial charge in [-0.25, -0.2) is 0 Å². The number of rotatable bonds is 0. The first-order valence-electron chi connectivity index (χ1n) is 7.20. The summed E-state index contributed by atoms with van der Waals surface area (Å²) in [6.07, 6.45) is 8.09. The highest BCUT2D eigenvalue weighted by atomic mass is 14.2. The van der Waals surface area contributed by atoms with Crippen LogP contribution in [0.1, 0.15) is 17.5 Å². The van der Waals surface area contributed by atoms with Crippen molar-refractivity contribution < 1.29 is 0 Å². The highest BCUT2D eigenvalue weighted by Gasteiger charge is 2.17. The van der Waals surface area contributed by atoms with E-state index in [1.54, 1.807) is 0 Å². The van der Waals surface area contributed by atoms with Gasteiger partial charge in [0.2, 0.25) is 0 Å². The first-order valence-corrected chi connectivity index (χ1v) is 7.20. The predicted octanol–water partition coefficient (Wildman–Crippen LogP) is 3.66. The molecule has 0 N–H and O–H groups in total. The zero-order chi connectivity index (χ0) is 13.3. The van der Waals surface area contributed by atoms with E-state index >= 15 is 0 Å². The average molecular weight is 254 g/mol. The van der Waals surface area contributed by atoms with Crippen molar-refractivity contribution in [2.75, 3.05) is 0 Å². The molecule has 94 valence electrons. The number of fused-ring (bicyclic) bond motifs is 2. The fourth-order valence-corrected chi connectivity index (χ4v) is 3.74. The fourth-order valence-electron chi connectivity index (χ4n) is 3.74. The normalized spacial score (nSPS) is 15.2. The maximum absolute atomic E-state index is 2.36. The van der Waals surface area contributed by atoms with Gasteiger partial charge in [0.1, 0.15) is 0 Å². The van der Waals surface area contributed by atoms with Crippen molar-refractivity contribution in [3.8, 4) is 0 Å². The van der Waals surface area contributed by atoms with E-state index in [-0.39, 0.29) is 0 Å². The van der Waals surface area contributed by atoms with Crippen molar-refractivity contribution in [1.82, 2.24) is 0 Å². The Morgan fingerprint density at radius 1 is 0.850 bits per heavy atom. The highest BCUT2D eigenvalue weighted by Crippen LogP contribution is 2.32. The molecule has 0 spiro atoms. The summed E-state index contributed by atoms with van der Waals surface area (Å²) in [4.78, 5) is 0. The second-order valence-corrected chi connectivity index (χ2v) is 5.89. The van der Waals surface area contributed by atoms with Crippen LogP contribution in [0.2, 0.25) is 0 Å². The molecule has 0 radical (unpaired) electrons. The van der Waals surface area contributed by atoms with E-state index < -0.39 is 0 Å². The van der Waals surface area contributed by atoms with Gasteiger partial charge in [0.25, 0.3) is 0 Å². The summed E-state index contributed by atoms with van der Waals surface area (Å²) in [5.74, 6) is 0. The molecule has 0 unspecified atom stereocenters. The Morgan fingerprint density at radius 2 is 1.75 bits per heavy atom. The molecule has 0 bridgehead atoms. The van der Waals surface area contributed by atoms with Gasteiger partial charge in [-0.1, -0.05) is 48.0 Å². The lowest BCUT2D eigenvalue weighted by Gasteiger charge is -2.10. The van der Waals surface area contributed by atoms with Crippen molar-refractivity contribution in [2.45, 2.75) is 13.3 Å². The zero-order valence-electron chi connectivity index (χ0n) is 11.4. The zero-order valence-corrected chi connectivity index (χ0v) is 11.4. The summed E-state index contributed by atoms with van der Waals surface area (Å²) in [5.41, 5.74) is 4.19. The molecule has 0 saturated heterocycles. The molecule has 5 rings (SSSR count). The molecular weight excluding hydrogens is 240 g/mol. The van der Waals surface area contributed by atoms with Crippen LogP contribution in [0.25, 0.3) is 39.3 Å². The monoisotopic (exact) mass is 254 g/mol. The van der Waals surface area contributed by atoms with Gasteiger partial charge < -0.3 is 0 Å². The molecule has 0 aliphatic heterocycles. The first kappa shape index (κ1) is 10.4. The Hall–Kier alpha value is -2.34. The fraction of sp³-hybridized carbons (Fsp3) is 0.100. The summed E-state index contributed by atoms with van der Waals surface area (Å²) in [6, 6.07) is 13.7. The van der Waals surface area contributed by atoms with Gasteiger partial charge in [-0.3, -0.25) is 0 Å². The molecule has 0 nitrogen and oxygen atoms in total. The van der Waals surface area contributed by atoms with Gasteiger partial charge in [0.15, 0.2) is 0 Å². The van der Waals surface area contributed by atoms with E-state index in [0.717, 1.165) is 6.42 Å². The third kappa shape index (κ3) is 1.17. The van der Waals surface area contributed by atoms with Crippen molar-refractivity contribution in [1.29, 1.82) is 0 Å². The topological polar surface area (TPSA) is 0 Å². The number of aryl methyl sites for hydroxylation is 1. The van der Waals surface area contributed by atoms with Gasteiger partial charge in [-0.05, 0) is 68.6 Å². The summed E-state index contributed by atoms with van der Waals surface area (Å²) in [5, 5.41) is 8.35. The first-order chi connectivity index (χ1) is 9.81. The molecule has 0 heterocycles. The maximum atomic E-state index is 2.36. The molecule has 0 aromatic heterocycles. The Bertz CT molecular complexity index is 1060. The summed E-state index contributed by atoms with van der Waals surface area (Å²) in [7, 11) is 0. The van der Waals surface area contributed by atoms with E-state index in [1.807, 2.05) is 0 Å². The molecule has 20 heavy (non-hydrogen) atoms. The van der Waals surface area contributed by atoms with Crippen LogP contribution in [0.5, 0.6) is 0 Å². The largest absolute Gasteiger partial charge is 0.0728 e. The lowest BCUT2D eigenvalue weighted by Crippen LogP contribution is -2.10. The molecule has 0 atom stereocenters. The van der Waals surface area contributed by atoms with Gasteiger partial charge in [-0.15, -0.1) is 0 Å². The van der Waals surface area contributed by atoms with Gasteiger partial charge in [0, 0.05) is 0 Å². The second kappa shape index (κ2) is 3.40. The quantitative estimate of drug-likeness (QED) is 0.537. The van der Waals surface area contributed by atoms with E-state index in [0.29, 0.717) is 0 Å². The minimum atomic E-state index is 1.05. The van der Waals surface area contributed by atoms with Crippen LogP contribution >= 0.6 is 0 Å². The van der Waals surface area contributed by atoms with Gasteiger partial charge >= 0.3 is 0 Å². The Morgan fingerprint density at radius 3 is 2.70 bits per heavy atom. The molecule has 0 saturated carbocycles. The Labute approximate surface area is 117 Å². The van der Waals surface area contributed by atoms with Crippen LogP contribution in [-0.2, 0) is 0 Å². The molecular formula is C20H14. The Balaban J connectivity index is 2.15. The maximum Gasteiger partial charge on any atom is -0.00204 e. The van der Waals surface area contributed by atoms with Crippen LogP contribution in [0, 0.1) is 6.92 Å². The third-order valence-corrected chi connectivity index (χ3v) is 4.61. The lowest BCUT2D eigenvalue weighted by molar-refractivity contribution is 1.42. The third-order valence-electron chi connectivity index (χ3n) is 4.61. The van der Waals surface area contributed by atoms with Crippen molar-refractivity contribution in [3.05, 3.63) is 64.0 Å². The van der Waals surface area contributed by atoms with E-state index in [2.05, 4.69) is 61.5 Å². The molecule has 2 aliphatic carbocycles. The molecule has 3 aromatic rings. The number of hydrogen-bond acceptors (Lipinski definition) is 0. The molecule has 0 amide bonds. The van der Waals surface area contributed by atoms with Crippen molar-refractivity contribution >= 4 is 39.3 Å².